The molecule has 0 aliphatic carbocycles. The van der Waals surface area contributed by atoms with Crippen LogP contribution in [0.5, 0.6) is 0 Å². The number of aliphatic carboxylic acids is 1. The number of carbonyl (C=O) groups excluding carboxylic acids is 1. The van der Waals surface area contributed by atoms with Crippen molar-refractivity contribution in [2.24, 2.45) is 5.73 Å². The molecule has 0 spiro atoms. The minimum Gasteiger partial charge on any atom is -0.479 e. The largest absolute Gasteiger partial charge is 0.479 e. The van der Waals surface area contributed by atoms with Gasteiger partial charge in [-0.3, -0.25) is 4.79 Å². The summed E-state index contributed by atoms with van der Waals surface area (Å²) in [5, 5.41) is 16.8. The predicted octanol–water partition coefficient (Wildman–Crippen LogP) is -1.26. The van der Waals surface area contributed by atoms with Crippen LogP contribution in [-0.4, -0.2) is 34.1 Å². The average molecular weight is 161 g/mol. The summed E-state index contributed by atoms with van der Waals surface area (Å²) in [6, 6.07) is -0.719. The number of rotatable bonds is 4. The predicted molar refractivity (Wildman–Crippen MR) is 36.9 cm³/mol. The Labute approximate surface area is 63.8 Å². The van der Waals surface area contributed by atoms with E-state index in [2.05, 4.69) is 0 Å². The van der Waals surface area contributed by atoms with Gasteiger partial charge in [0.05, 0.1) is 6.04 Å². The van der Waals surface area contributed by atoms with Gasteiger partial charge in [0.15, 0.2) is 11.9 Å². The molecular weight excluding hydrogens is 150 g/mol. The number of aliphatic hydroxyl groups is 1. The Morgan fingerprint density at radius 3 is 2.27 bits per heavy atom. The molecule has 0 heterocycles. The summed E-state index contributed by atoms with van der Waals surface area (Å²) < 4.78 is 0. The molecule has 0 fully saturated rings. The number of Topliss-reactive ketones (excluding diaryl/α,β-unsaturated/α-hetero) is 1. The first-order valence-corrected chi connectivity index (χ1v) is 3.14. The molecular formula is C6H11NO4. The number of nitrogens with two attached hydrogens (primary N) is 1. The van der Waals surface area contributed by atoms with E-state index < -0.39 is 30.3 Å². The van der Waals surface area contributed by atoms with Crippen LogP contribution in [0.3, 0.4) is 0 Å². The van der Waals surface area contributed by atoms with Gasteiger partial charge >= 0.3 is 5.97 Å². The molecule has 0 bridgehead atoms. The van der Waals surface area contributed by atoms with Crippen LogP contribution in [0.1, 0.15) is 13.3 Å². The van der Waals surface area contributed by atoms with Gasteiger partial charge in [0.1, 0.15) is 0 Å². The first kappa shape index (κ1) is 10.1. The molecule has 64 valence electrons. The van der Waals surface area contributed by atoms with Crippen molar-refractivity contribution in [3.8, 4) is 0 Å². The molecule has 1 unspecified atom stereocenters. The van der Waals surface area contributed by atoms with Crippen LogP contribution in [0.15, 0.2) is 0 Å². The number of carboxylic acid groups (broad SMARTS) is 1. The van der Waals surface area contributed by atoms with Gasteiger partial charge in [-0.25, -0.2) is 4.79 Å². The minimum absolute atomic E-state index is 0.424. The fourth-order valence-corrected chi connectivity index (χ4v) is 0.464. The van der Waals surface area contributed by atoms with Crippen molar-refractivity contribution in [2.45, 2.75) is 25.5 Å². The van der Waals surface area contributed by atoms with E-state index in [1.807, 2.05) is 0 Å². The van der Waals surface area contributed by atoms with Crippen LogP contribution in [0.2, 0.25) is 0 Å². The Hall–Kier alpha value is -0.940. The van der Waals surface area contributed by atoms with Crippen molar-refractivity contribution in [1.82, 2.24) is 0 Å². The lowest BCUT2D eigenvalue weighted by Gasteiger charge is -2.05. The van der Waals surface area contributed by atoms with Gasteiger partial charge < -0.3 is 15.9 Å². The van der Waals surface area contributed by atoms with E-state index in [0.29, 0.717) is 0 Å². The van der Waals surface area contributed by atoms with Crippen molar-refractivity contribution in [1.29, 1.82) is 0 Å². The third kappa shape index (κ3) is 3.69. The van der Waals surface area contributed by atoms with Gasteiger partial charge in [-0.05, 0) is 6.92 Å². The first-order valence-electron chi connectivity index (χ1n) is 3.14. The van der Waals surface area contributed by atoms with Gasteiger partial charge in [0.25, 0.3) is 0 Å². The van der Waals surface area contributed by atoms with E-state index in [9.17, 15) is 9.59 Å². The number of ketones is 1. The molecule has 11 heavy (non-hydrogen) atoms. The zero-order valence-corrected chi connectivity index (χ0v) is 6.15. The lowest BCUT2D eigenvalue weighted by molar-refractivity contribution is -0.148. The Morgan fingerprint density at radius 1 is 1.55 bits per heavy atom. The zero-order chi connectivity index (χ0) is 9.02. The van der Waals surface area contributed by atoms with Crippen molar-refractivity contribution >= 4 is 11.8 Å². The molecule has 0 aliphatic heterocycles. The van der Waals surface area contributed by atoms with E-state index >= 15 is 0 Å². The summed E-state index contributed by atoms with van der Waals surface area (Å²) in [5.41, 5.74) is 5.13. The number of carbonyl (C=O) groups is 2. The third-order valence-electron chi connectivity index (χ3n) is 1.19. The Bertz CT molecular complexity index is 166. The number of hydrogen-bond acceptors (Lipinski definition) is 4. The molecule has 5 heteroatoms. The maximum atomic E-state index is 10.7. The lowest BCUT2D eigenvalue weighted by Crippen LogP contribution is -2.32. The number of hydrogen-bond donors (Lipinski definition) is 3. The summed E-state index contributed by atoms with van der Waals surface area (Å²) in [5.74, 6) is -1.86. The molecule has 2 atom stereocenters. The standard InChI is InChI=1S/C6H11NO4/c1-3(7)4(8)2-5(9)6(10)11/h3,5,9H,2,7H2,1H3,(H,10,11)/t3-,5?/m1/s1. The van der Waals surface area contributed by atoms with Crippen LogP contribution in [0.4, 0.5) is 0 Å². The van der Waals surface area contributed by atoms with Crippen LogP contribution < -0.4 is 5.73 Å². The highest BCUT2D eigenvalue weighted by atomic mass is 16.4. The minimum atomic E-state index is -1.63. The highest BCUT2D eigenvalue weighted by molar-refractivity contribution is 5.88. The SMILES string of the molecule is C[C@@H](N)C(=O)CC(O)C(=O)O. The van der Waals surface area contributed by atoms with E-state index in [4.69, 9.17) is 15.9 Å². The van der Waals surface area contributed by atoms with E-state index in [0.717, 1.165) is 0 Å². The molecule has 0 radical (unpaired) electrons. The third-order valence-corrected chi connectivity index (χ3v) is 1.19. The molecule has 5 nitrogen and oxygen atoms in total. The summed E-state index contributed by atoms with van der Waals surface area (Å²) in [4.78, 5) is 20.7. The maximum Gasteiger partial charge on any atom is 0.332 e. The van der Waals surface area contributed by atoms with Crippen molar-refractivity contribution in [2.75, 3.05) is 0 Å². The molecule has 0 aromatic carbocycles. The molecule has 0 aromatic rings. The van der Waals surface area contributed by atoms with Crippen molar-refractivity contribution in [3.05, 3.63) is 0 Å². The van der Waals surface area contributed by atoms with Gasteiger partial charge in [-0.2, -0.15) is 0 Å². The van der Waals surface area contributed by atoms with Crippen LogP contribution in [-0.2, 0) is 9.59 Å². The normalized spacial score (nSPS) is 15.5. The van der Waals surface area contributed by atoms with Gasteiger partial charge in [-0.15, -0.1) is 0 Å². The second-order valence-electron chi connectivity index (χ2n) is 2.31. The first-order chi connectivity index (χ1) is 4.95. The summed E-state index contributed by atoms with van der Waals surface area (Å²) >= 11 is 0. The molecule has 4 N–H and O–H groups in total. The fourth-order valence-electron chi connectivity index (χ4n) is 0.464. The molecule has 0 saturated heterocycles. The van der Waals surface area contributed by atoms with Crippen LogP contribution >= 0.6 is 0 Å². The van der Waals surface area contributed by atoms with E-state index in [1.165, 1.54) is 6.92 Å². The molecule has 0 aromatic heterocycles. The Kier molecular flexibility index (Phi) is 3.70. The molecule has 0 aliphatic rings. The van der Waals surface area contributed by atoms with Crippen LogP contribution in [0, 0.1) is 0 Å². The van der Waals surface area contributed by atoms with Crippen molar-refractivity contribution < 1.29 is 19.8 Å². The average Bonchev–Trinajstić information content (AvgIpc) is 1.87. The second kappa shape index (κ2) is 4.05. The number of carboxylic acids is 1. The lowest BCUT2D eigenvalue weighted by atomic mass is 10.1. The van der Waals surface area contributed by atoms with E-state index in [-0.39, 0.29) is 0 Å². The molecule has 0 amide bonds. The highest BCUT2D eigenvalue weighted by Gasteiger charge is 2.19. The second-order valence-corrected chi connectivity index (χ2v) is 2.31. The maximum absolute atomic E-state index is 10.7. The van der Waals surface area contributed by atoms with Gasteiger partial charge in [0.2, 0.25) is 0 Å². The zero-order valence-electron chi connectivity index (χ0n) is 6.15. The van der Waals surface area contributed by atoms with Gasteiger partial charge in [0, 0.05) is 6.42 Å². The summed E-state index contributed by atoms with van der Waals surface area (Å²) in [6.07, 6.45) is -2.05. The smallest absolute Gasteiger partial charge is 0.332 e. The monoisotopic (exact) mass is 161 g/mol. The fraction of sp³-hybridized carbons (Fsp3) is 0.667. The molecule has 0 saturated carbocycles. The molecule has 0 rings (SSSR count). The number of aliphatic hydroxyl groups excluding tert-OH is 1. The van der Waals surface area contributed by atoms with Crippen LogP contribution in [0.25, 0.3) is 0 Å². The quantitative estimate of drug-likeness (QED) is 0.477. The Morgan fingerprint density at radius 2 is 2.00 bits per heavy atom. The van der Waals surface area contributed by atoms with Gasteiger partial charge in [-0.1, -0.05) is 0 Å². The Balaban J connectivity index is 3.85. The van der Waals surface area contributed by atoms with Crippen molar-refractivity contribution in [3.63, 3.8) is 0 Å². The topological polar surface area (TPSA) is 101 Å². The summed E-state index contributed by atoms with van der Waals surface area (Å²) in [7, 11) is 0. The summed E-state index contributed by atoms with van der Waals surface area (Å²) in [6.45, 7) is 1.44. The van der Waals surface area contributed by atoms with E-state index in [1.54, 1.807) is 0 Å². The highest BCUT2D eigenvalue weighted by Crippen LogP contribution is 1.95.